The molecule has 5 nitrogen and oxygen atoms in total. The maximum absolute atomic E-state index is 10.1. The standard InChI is InChI=1S/C19H32N2O3S/c1-15(2)20(3)13-17(22)14-24-18-6-5-16(11-19(18)23-4)12-21-7-9-25-10-8-21/h5-6,11,15,17,22H,7-10,12-14H2,1-4H3. The molecule has 1 saturated heterocycles. The van der Waals surface area contributed by atoms with Crippen molar-refractivity contribution < 1.29 is 14.6 Å². The van der Waals surface area contributed by atoms with Gasteiger partial charge >= 0.3 is 0 Å². The summed E-state index contributed by atoms with van der Waals surface area (Å²) in [7, 11) is 3.66. The highest BCUT2D eigenvalue weighted by Crippen LogP contribution is 2.29. The van der Waals surface area contributed by atoms with Gasteiger partial charge in [0.2, 0.25) is 0 Å². The van der Waals surface area contributed by atoms with E-state index in [2.05, 4.69) is 29.7 Å². The lowest BCUT2D eigenvalue weighted by atomic mass is 10.2. The Morgan fingerprint density at radius 1 is 1.24 bits per heavy atom. The Morgan fingerprint density at radius 2 is 1.96 bits per heavy atom. The Morgan fingerprint density at radius 3 is 2.60 bits per heavy atom. The minimum atomic E-state index is -0.525. The largest absolute Gasteiger partial charge is 0.493 e. The summed E-state index contributed by atoms with van der Waals surface area (Å²) >= 11 is 2.02. The number of hydrogen-bond donors (Lipinski definition) is 1. The van der Waals surface area contributed by atoms with Crippen LogP contribution in [0.4, 0.5) is 0 Å². The first-order valence-corrected chi connectivity index (χ1v) is 10.1. The van der Waals surface area contributed by atoms with Crippen LogP contribution in [-0.4, -0.2) is 79.0 Å². The Bertz CT molecular complexity index is 521. The van der Waals surface area contributed by atoms with Gasteiger partial charge in [0.25, 0.3) is 0 Å². The summed E-state index contributed by atoms with van der Waals surface area (Å²) in [6, 6.07) is 6.48. The average Bonchev–Trinajstić information content (AvgIpc) is 2.61. The van der Waals surface area contributed by atoms with Crippen molar-refractivity contribution in [3.05, 3.63) is 23.8 Å². The fraction of sp³-hybridized carbons (Fsp3) is 0.684. The number of hydrogen-bond acceptors (Lipinski definition) is 6. The predicted molar refractivity (Wildman–Crippen MR) is 105 cm³/mol. The summed E-state index contributed by atoms with van der Waals surface area (Å²) in [6.07, 6.45) is -0.525. The fourth-order valence-corrected chi connectivity index (χ4v) is 3.71. The van der Waals surface area contributed by atoms with Gasteiger partial charge in [0.1, 0.15) is 12.7 Å². The van der Waals surface area contributed by atoms with Crippen molar-refractivity contribution in [2.24, 2.45) is 0 Å². The molecular weight excluding hydrogens is 336 g/mol. The summed E-state index contributed by atoms with van der Waals surface area (Å²) in [4.78, 5) is 4.57. The van der Waals surface area contributed by atoms with Crippen molar-refractivity contribution >= 4 is 11.8 Å². The lowest BCUT2D eigenvalue weighted by Gasteiger charge is -2.26. The summed E-state index contributed by atoms with van der Waals surface area (Å²) in [6.45, 7) is 8.29. The Balaban J connectivity index is 1.89. The number of benzene rings is 1. The van der Waals surface area contributed by atoms with Gasteiger partial charge in [-0.05, 0) is 38.6 Å². The number of rotatable bonds is 9. The van der Waals surface area contributed by atoms with E-state index < -0.39 is 6.10 Å². The highest BCUT2D eigenvalue weighted by molar-refractivity contribution is 7.99. The van der Waals surface area contributed by atoms with Crippen LogP contribution in [0.3, 0.4) is 0 Å². The number of nitrogens with zero attached hydrogens (tertiary/aromatic N) is 2. The molecule has 1 N–H and O–H groups in total. The van der Waals surface area contributed by atoms with Crippen LogP contribution in [0.1, 0.15) is 19.4 Å². The second-order valence-electron chi connectivity index (χ2n) is 6.87. The van der Waals surface area contributed by atoms with E-state index in [4.69, 9.17) is 9.47 Å². The van der Waals surface area contributed by atoms with Gasteiger partial charge in [-0.25, -0.2) is 0 Å². The van der Waals surface area contributed by atoms with Gasteiger partial charge in [0.15, 0.2) is 11.5 Å². The second-order valence-corrected chi connectivity index (χ2v) is 8.10. The van der Waals surface area contributed by atoms with Crippen LogP contribution < -0.4 is 9.47 Å². The first-order valence-electron chi connectivity index (χ1n) is 8.97. The van der Waals surface area contributed by atoms with E-state index >= 15 is 0 Å². The number of aliphatic hydroxyl groups excluding tert-OH is 1. The van der Waals surface area contributed by atoms with E-state index in [1.54, 1.807) is 7.11 Å². The van der Waals surface area contributed by atoms with Gasteiger partial charge < -0.3 is 19.5 Å². The first-order chi connectivity index (χ1) is 12.0. The van der Waals surface area contributed by atoms with E-state index in [1.807, 2.05) is 30.9 Å². The molecular formula is C19H32N2O3S. The maximum Gasteiger partial charge on any atom is 0.161 e. The van der Waals surface area contributed by atoms with Crippen LogP contribution in [-0.2, 0) is 6.54 Å². The molecule has 1 fully saturated rings. The molecule has 1 heterocycles. The molecule has 0 amide bonds. The van der Waals surface area contributed by atoms with Crippen LogP contribution in [0.5, 0.6) is 11.5 Å². The SMILES string of the molecule is COc1cc(CN2CCSCC2)ccc1OCC(O)CN(C)C(C)C. The maximum atomic E-state index is 10.1. The normalized spacial score (nSPS) is 17.1. The molecule has 1 atom stereocenters. The van der Waals surface area contributed by atoms with Crippen LogP contribution in [0.15, 0.2) is 18.2 Å². The summed E-state index contributed by atoms with van der Waals surface area (Å²) < 4.78 is 11.3. The fourth-order valence-electron chi connectivity index (χ4n) is 2.73. The number of methoxy groups -OCH3 is 1. The van der Waals surface area contributed by atoms with Gasteiger partial charge in [0, 0.05) is 43.7 Å². The molecule has 1 unspecified atom stereocenters. The third-order valence-corrected chi connectivity index (χ3v) is 5.49. The third kappa shape index (κ3) is 6.70. The van der Waals surface area contributed by atoms with Gasteiger partial charge in [-0.1, -0.05) is 6.07 Å². The van der Waals surface area contributed by atoms with Crippen LogP contribution in [0.25, 0.3) is 0 Å². The van der Waals surface area contributed by atoms with Crippen LogP contribution in [0, 0.1) is 0 Å². The Kier molecular flexibility index (Phi) is 8.36. The molecule has 1 aromatic carbocycles. The molecule has 0 aromatic heterocycles. The monoisotopic (exact) mass is 368 g/mol. The summed E-state index contributed by atoms with van der Waals surface area (Å²) in [5, 5.41) is 10.1. The predicted octanol–water partition coefficient (Wildman–Crippen LogP) is 2.32. The van der Waals surface area contributed by atoms with Crippen molar-refractivity contribution in [1.29, 1.82) is 0 Å². The van der Waals surface area contributed by atoms with Crippen molar-refractivity contribution in [1.82, 2.24) is 9.80 Å². The van der Waals surface area contributed by atoms with Crippen LogP contribution >= 0.6 is 11.8 Å². The zero-order valence-electron chi connectivity index (χ0n) is 15.9. The molecule has 142 valence electrons. The highest BCUT2D eigenvalue weighted by atomic mass is 32.2. The molecule has 0 saturated carbocycles. The van der Waals surface area contributed by atoms with Crippen molar-refractivity contribution in [2.75, 3.05) is 51.9 Å². The first kappa shape index (κ1) is 20.4. The molecule has 0 aliphatic carbocycles. The molecule has 1 aliphatic rings. The molecule has 1 aromatic rings. The molecule has 0 bridgehead atoms. The van der Waals surface area contributed by atoms with E-state index in [1.165, 1.54) is 17.1 Å². The molecule has 0 spiro atoms. The van der Waals surface area contributed by atoms with Crippen molar-refractivity contribution in [2.45, 2.75) is 32.5 Å². The lowest BCUT2D eigenvalue weighted by Crippen LogP contribution is -2.37. The quantitative estimate of drug-likeness (QED) is 0.722. The minimum absolute atomic E-state index is 0.260. The van der Waals surface area contributed by atoms with E-state index in [-0.39, 0.29) is 6.61 Å². The number of ether oxygens (including phenoxy) is 2. The molecule has 0 radical (unpaired) electrons. The molecule has 6 heteroatoms. The summed E-state index contributed by atoms with van der Waals surface area (Å²) in [5.41, 5.74) is 1.23. The second kappa shape index (κ2) is 10.3. The smallest absolute Gasteiger partial charge is 0.161 e. The average molecular weight is 369 g/mol. The van der Waals surface area contributed by atoms with Gasteiger partial charge in [-0.3, -0.25) is 4.90 Å². The van der Waals surface area contributed by atoms with E-state index in [0.29, 0.717) is 18.3 Å². The number of aliphatic hydroxyl groups is 1. The third-order valence-electron chi connectivity index (χ3n) is 4.55. The number of thioether (sulfide) groups is 1. The highest BCUT2D eigenvalue weighted by Gasteiger charge is 2.15. The zero-order chi connectivity index (χ0) is 18.2. The van der Waals surface area contributed by atoms with Gasteiger partial charge in [-0.15, -0.1) is 0 Å². The lowest BCUT2D eigenvalue weighted by molar-refractivity contribution is 0.0668. The van der Waals surface area contributed by atoms with E-state index in [9.17, 15) is 5.11 Å². The van der Waals surface area contributed by atoms with Gasteiger partial charge in [0.05, 0.1) is 7.11 Å². The van der Waals surface area contributed by atoms with Gasteiger partial charge in [-0.2, -0.15) is 11.8 Å². The molecule has 1 aliphatic heterocycles. The zero-order valence-corrected chi connectivity index (χ0v) is 16.7. The topological polar surface area (TPSA) is 45.2 Å². The Hall–Kier alpha value is -0.950. The van der Waals surface area contributed by atoms with Crippen molar-refractivity contribution in [3.8, 4) is 11.5 Å². The Labute approximate surface area is 156 Å². The van der Waals surface area contributed by atoms with Crippen LogP contribution in [0.2, 0.25) is 0 Å². The minimum Gasteiger partial charge on any atom is -0.493 e. The van der Waals surface area contributed by atoms with Crippen molar-refractivity contribution in [3.63, 3.8) is 0 Å². The van der Waals surface area contributed by atoms with E-state index in [0.717, 1.165) is 25.4 Å². The summed E-state index contributed by atoms with van der Waals surface area (Å²) in [5.74, 6) is 3.84. The molecule has 25 heavy (non-hydrogen) atoms. The molecule has 2 rings (SSSR count). The number of likely N-dealkylation sites (N-methyl/N-ethyl adjacent to an activating group) is 1.